The molecule has 0 amide bonds. The molecule has 0 aromatic heterocycles. The van der Waals surface area contributed by atoms with Gasteiger partial charge in [0.15, 0.2) is 0 Å². The smallest absolute Gasteiger partial charge is 0.310 e. The average molecular weight is 229 g/mol. The predicted octanol–water partition coefficient (Wildman–Crippen LogP) is 2.26. The van der Waals surface area contributed by atoms with Crippen LogP contribution in [0.2, 0.25) is 0 Å². The molecule has 0 N–H and O–H groups in total. The molecule has 78 valence electrons. The van der Waals surface area contributed by atoms with Crippen LogP contribution < -0.4 is 0 Å². The molecule has 4 nitrogen and oxygen atoms in total. The van der Waals surface area contributed by atoms with Crippen molar-refractivity contribution in [3.63, 3.8) is 0 Å². The van der Waals surface area contributed by atoms with E-state index in [1.54, 1.807) is 13.8 Å². The van der Waals surface area contributed by atoms with E-state index in [0.717, 1.165) is 0 Å². The Morgan fingerprint density at radius 1 is 1.62 bits per heavy atom. The topological polar surface area (TPSA) is 52.6 Å². The van der Waals surface area contributed by atoms with Crippen molar-refractivity contribution in [1.82, 2.24) is 0 Å². The van der Waals surface area contributed by atoms with E-state index in [-0.39, 0.29) is 12.6 Å². The molecule has 0 bridgehead atoms. The van der Waals surface area contributed by atoms with Gasteiger partial charge in [-0.2, -0.15) is 0 Å². The number of hydrogen-bond donors (Lipinski definition) is 0. The van der Waals surface area contributed by atoms with Gasteiger partial charge in [-0.25, -0.2) is 0 Å². The minimum Gasteiger partial charge on any atom is -0.466 e. The molecule has 2 unspecified atom stereocenters. The Hall–Kier alpha value is -0.0500. The van der Waals surface area contributed by atoms with Gasteiger partial charge in [-0.3, -0.25) is 9.36 Å². The van der Waals surface area contributed by atoms with Gasteiger partial charge in [0.1, 0.15) is 0 Å². The van der Waals surface area contributed by atoms with Gasteiger partial charge in [0.2, 0.25) is 0 Å². The molecule has 0 saturated heterocycles. The zero-order valence-corrected chi connectivity index (χ0v) is 9.60. The van der Waals surface area contributed by atoms with Gasteiger partial charge in [0.05, 0.1) is 19.1 Å². The Morgan fingerprint density at radius 3 is 2.54 bits per heavy atom. The lowest BCUT2D eigenvalue weighted by molar-refractivity contribution is -0.148. The lowest BCUT2D eigenvalue weighted by Crippen LogP contribution is -2.18. The van der Waals surface area contributed by atoms with Gasteiger partial charge in [-0.15, -0.1) is 0 Å². The van der Waals surface area contributed by atoms with E-state index in [4.69, 9.17) is 20.5 Å². The normalized spacial score (nSPS) is 17.5. The van der Waals surface area contributed by atoms with Gasteiger partial charge in [-0.1, -0.05) is 0 Å². The van der Waals surface area contributed by atoms with Crippen LogP contribution in [0.4, 0.5) is 0 Å². The fraction of sp³-hybridized carbons (Fsp3) is 0.857. The molecule has 13 heavy (non-hydrogen) atoms. The Balaban J connectivity index is 3.81. The molecule has 0 spiro atoms. The highest BCUT2D eigenvalue weighted by Gasteiger charge is 2.18. The van der Waals surface area contributed by atoms with E-state index >= 15 is 0 Å². The first kappa shape index (κ1) is 12.9. The SMILES string of the molecule is CCOC(=O)C(C)COP(C)(=O)Cl. The number of halogens is 1. The summed E-state index contributed by atoms with van der Waals surface area (Å²) in [5, 5.41) is 0. The summed E-state index contributed by atoms with van der Waals surface area (Å²) in [5.41, 5.74) is 0. The standard InChI is InChI=1S/C7H14ClO4P/c1-4-11-7(9)6(2)5-12-13(3,8)10/h6H,4-5H2,1-3H3. The lowest BCUT2D eigenvalue weighted by atomic mass is 10.2. The van der Waals surface area contributed by atoms with Crippen LogP contribution >= 0.6 is 18.0 Å². The van der Waals surface area contributed by atoms with Crippen molar-refractivity contribution in [2.24, 2.45) is 5.92 Å². The summed E-state index contributed by atoms with van der Waals surface area (Å²) in [6.07, 6.45) is 0. The molecule has 0 aromatic carbocycles. The third kappa shape index (κ3) is 7.05. The second-order valence-corrected chi connectivity index (χ2v) is 6.29. The molecule has 0 aliphatic heterocycles. The summed E-state index contributed by atoms with van der Waals surface area (Å²) in [5.74, 6) is -0.806. The van der Waals surface area contributed by atoms with Crippen molar-refractivity contribution in [3.05, 3.63) is 0 Å². The molecule has 0 rings (SSSR count). The first-order valence-electron chi connectivity index (χ1n) is 3.95. The van der Waals surface area contributed by atoms with Crippen LogP contribution in [0.25, 0.3) is 0 Å². The third-order valence-electron chi connectivity index (χ3n) is 1.24. The average Bonchev–Trinajstić information content (AvgIpc) is 1.99. The van der Waals surface area contributed by atoms with Crippen LogP contribution in [0.1, 0.15) is 13.8 Å². The Morgan fingerprint density at radius 2 is 2.15 bits per heavy atom. The Labute approximate surface area is 82.8 Å². The van der Waals surface area contributed by atoms with E-state index in [1.807, 2.05) is 0 Å². The van der Waals surface area contributed by atoms with Crippen LogP contribution in [-0.2, 0) is 18.6 Å². The molecule has 0 heterocycles. The second-order valence-electron chi connectivity index (χ2n) is 2.70. The summed E-state index contributed by atoms with van der Waals surface area (Å²) >= 11 is 5.34. The maximum Gasteiger partial charge on any atom is 0.310 e. The van der Waals surface area contributed by atoms with E-state index in [9.17, 15) is 9.36 Å². The number of ether oxygens (including phenoxy) is 1. The number of esters is 1. The van der Waals surface area contributed by atoms with Crippen molar-refractivity contribution in [1.29, 1.82) is 0 Å². The lowest BCUT2D eigenvalue weighted by Gasteiger charge is -2.11. The van der Waals surface area contributed by atoms with Crippen LogP contribution in [0.15, 0.2) is 0 Å². The van der Waals surface area contributed by atoms with Gasteiger partial charge < -0.3 is 9.26 Å². The van der Waals surface area contributed by atoms with E-state index in [0.29, 0.717) is 6.61 Å². The fourth-order valence-electron chi connectivity index (χ4n) is 0.597. The maximum atomic E-state index is 11.0. The highest BCUT2D eigenvalue weighted by Crippen LogP contribution is 2.48. The molecular weight excluding hydrogens is 214 g/mol. The molecule has 0 aliphatic carbocycles. The number of carbonyl (C=O) groups is 1. The minimum atomic E-state index is -3.01. The van der Waals surface area contributed by atoms with Crippen LogP contribution in [0.5, 0.6) is 0 Å². The zero-order valence-electron chi connectivity index (χ0n) is 7.95. The number of carbonyl (C=O) groups excluding carboxylic acids is 1. The molecule has 0 aliphatic rings. The Kier molecular flexibility index (Phi) is 5.61. The summed E-state index contributed by atoms with van der Waals surface area (Å²) in [6.45, 7) is 1.97. The molecular formula is C7H14ClO4P. The largest absolute Gasteiger partial charge is 0.466 e. The van der Waals surface area contributed by atoms with Crippen LogP contribution in [-0.4, -0.2) is 25.8 Å². The van der Waals surface area contributed by atoms with Crippen molar-refractivity contribution in [3.8, 4) is 0 Å². The van der Waals surface area contributed by atoms with Crippen LogP contribution in [0, 0.1) is 5.92 Å². The van der Waals surface area contributed by atoms with Gasteiger partial charge in [-0.05, 0) is 25.1 Å². The van der Waals surface area contributed by atoms with E-state index in [2.05, 4.69) is 0 Å². The van der Waals surface area contributed by atoms with Crippen molar-refractivity contribution in [2.75, 3.05) is 19.9 Å². The maximum absolute atomic E-state index is 11.0. The van der Waals surface area contributed by atoms with Crippen molar-refractivity contribution < 1.29 is 18.6 Å². The zero-order chi connectivity index (χ0) is 10.5. The Bertz CT molecular complexity index is 213. The number of hydrogen-bond acceptors (Lipinski definition) is 4. The summed E-state index contributed by atoms with van der Waals surface area (Å²) in [7, 11) is 0. The van der Waals surface area contributed by atoms with Gasteiger partial charge in [0.25, 0.3) is 6.72 Å². The second kappa shape index (κ2) is 5.63. The molecule has 2 atom stereocenters. The third-order valence-corrected chi connectivity index (χ3v) is 2.15. The van der Waals surface area contributed by atoms with Crippen molar-refractivity contribution in [2.45, 2.75) is 13.8 Å². The highest BCUT2D eigenvalue weighted by molar-refractivity contribution is 7.84. The molecule has 0 saturated carbocycles. The highest BCUT2D eigenvalue weighted by atomic mass is 35.7. The minimum absolute atomic E-state index is 0.0239. The van der Waals surface area contributed by atoms with Gasteiger partial charge in [0, 0.05) is 6.66 Å². The van der Waals surface area contributed by atoms with E-state index in [1.165, 1.54) is 6.66 Å². The number of rotatable bonds is 5. The monoisotopic (exact) mass is 228 g/mol. The molecule has 6 heteroatoms. The van der Waals surface area contributed by atoms with E-state index < -0.39 is 12.6 Å². The summed E-state index contributed by atoms with van der Waals surface area (Å²) < 4.78 is 20.4. The molecule has 0 fully saturated rings. The fourth-order valence-corrected chi connectivity index (χ4v) is 1.26. The predicted molar refractivity (Wildman–Crippen MR) is 51.1 cm³/mol. The quantitative estimate of drug-likeness (QED) is 0.535. The molecule has 0 radical (unpaired) electrons. The van der Waals surface area contributed by atoms with Gasteiger partial charge >= 0.3 is 5.97 Å². The molecule has 0 aromatic rings. The first-order chi connectivity index (χ1) is 5.87. The summed E-state index contributed by atoms with van der Waals surface area (Å²) in [4.78, 5) is 11.0. The van der Waals surface area contributed by atoms with Crippen LogP contribution in [0.3, 0.4) is 0 Å². The van der Waals surface area contributed by atoms with Crippen molar-refractivity contribution >= 4 is 23.9 Å². The summed E-state index contributed by atoms with van der Waals surface area (Å²) in [6, 6.07) is 0. The first-order valence-corrected chi connectivity index (χ1v) is 6.93.